The van der Waals surface area contributed by atoms with Crippen molar-refractivity contribution in [2.45, 2.75) is 39.2 Å². The second-order valence-corrected chi connectivity index (χ2v) is 4.69. The molecule has 0 bridgehead atoms. The molecule has 6 heteroatoms. The van der Waals surface area contributed by atoms with Gasteiger partial charge in [-0.2, -0.15) is 0 Å². The van der Waals surface area contributed by atoms with Crippen LogP contribution in [0.2, 0.25) is 0 Å². The highest BCUT2D eigenvalue weighted by molar-refractivity contribution is 5.88. The van der Waals surface area contributed by atoms with Crippen molar-refractivity contribution in [3.8, 4) is 0 Å². The van der Waals surface area contributed by atoms with Crippen molar-refractivity contribution < 1.29 is 19.1 Å². The Kier molecular flexibility index (Phi) is 8.34. The van der Waals surface area contributed by atoms with Crippen LogP contribution in [0.25, 0.3) is 0 Å². The van der Waals surface area contributed by atoms with Gasteiger partial charge in [0.25, 0.3) is 0 Å². The van der Waals surface area contributed by atoms with Crippen LogP contribution in [0, 0.1) is 0 Å². The molecule has 0 aromatic rings. The van der Waals surface area contributed by atoms with E-state index in [-0.39, 0.29) is 12.5 Å². The van der Waals surface area contributed by atoms with Crippen molar-refractivity contribution in [1.29, 1.82) is 0 Å². The van der Waals surface area contributed by atoms with E-state index in [9.17, 15) is 9.59 Å². The Morgan fingerprint density at radius 1 is 1.32 bits per heavy atom. The zero-order valence-electron chi connectivity index (χ0n) is 12.4. The molecular weight excluding hydrogens is 248 g/mol. The van der Waals surface area contributed by atoms with Gasteiger partial charge in [-0.3, -0.25) is 9.59 Å². The van der Waals surface area contributed by atoms with Crippen LogP contribution in [0.5, 0.6) is 0 Å². The Morgan fingerprint density at radius 3 is 2.42 bits per heavy atom. The Hall–Kier alpha value is -1.14. The van der Waals surface area contributed by atoms with Gasteiger partial charge in [0.15, 0.2) is 0 Å². The van der Waals surface area contributed by atoms with Gasteiger partial charge in [0.2, 0.25) is 5.91 Å². The molecule has 0 saturated carbocycles. The fourth-order valence-electron chi connectivity index (χ4n) is 1.80. The summed E-state index contributed by atoms with van der Waals surface area (Å²) >= 11 is 0. The third-order valence-electron chi connectivity index (χ3n) is 2.74. The van der Waals surface area contributed by atoms with Crippen LogP contribution >= 0.6 is 0 Å². The fraction of sp³-hybridized carbons (Fsp3) is 0.846. The molecule has 0 spiro atoms. The van der Waals surface area contributed by atoms with E-state index in [0.29, 0.717) is 26.2 Å². The molecule has 0 aromatic carbocycles. The molecule has 0 aliphatic carbocycles. The molecule has 0 aliphatic heterocycles. The van der Waals surface area contributed by atoms with Gasteiger partial charge >= 0.3 is 5.97 Å². The third kappa shape index (κ3) is 6.54. The van der Waals surface area contributed by atoms with Gasteiger partial charge in [-0.05, 0) is 20.3 Å². The standard InChI is InChI=1S/C13H26N2O4/c1-5-7-13(3,14)12(17)15(8-9-18-4)10-11(16)19-6-2/h5-10,14H2,1-4H3. The zero-order valence-corrected chi connectivity index (χ0v) is 12.4. The van der Waals surface area contributed by atoms with Gasteiger partial charge in [0, 0.05) is 13.7 Å². The summed E-state index contributed by atoms with van der Waals surface area (Å²) in [4.78, 5) is 25.2. The summed E-state index contributed by atoms with van der Waals surface area (Å²) in [5, 5.41) is 0. The van der Waals surface area contributed by atoms with E-state index in [1.54, 1.807) is 21.0 Å². The van der Waals surface area contributed by atoms with Gasteiger partial charge in [0.1, 0.15) is 6.54 Å². The number of rotatable bonds is 9. The molecule has 1 amide bonds. The molecule has 0 radical (unpaired) electrons. The first-order chi connectivity index (χ1) is 8.88. The van der Waals surface area contributed by atoms with Gasteiger partial charge in [0.05, 0.1) is 18.8 Å². The van der Waals surface area contributed by atoms with Crippen molar-refractivity contribution in [1.82, 2.24) is 4.90 Å². The van der Waals surface area contributed by atoms with Crippen LogP contribution in [0.3, 0.4) is 0 Å². The number of nitrogens with two attached hydrogens (primary N) is 1. The Labute approximate surface area is 115 Å². The molecule has 19 heavy (non-hydrogen) atoms. The van der Waals surface area contributed by atoms with Crippen molar-refractivity contribution in [3.63, 3.8) is 0 Å². The van der Waals surface area contributed by atoms with Crippen molar-refractivity contribution in [2.24, 2.45) is 5.73 Å². The van der Waals surface area contributed by atoms with E-state index in [0.717, 1.165) is 6.42 Å². The predicted octanol–water partition coefficient (Wildman–Crippen LogP) is 0.542. The summed E-state index contributed by atoms with van der Waals surface area (Å²) in [5.41, 5.74) is 5.05. The molecule has 112 valence electrons. The molecule has 0 heterocycles. The lowest BCUT2D eigenvalue weighted by molar-refractivity contribution is -0.151. The summed E-state index contributed by atoms with van der Waals surface area (Å²) in [7, 11) is 1.54. The molecule has 0 aromatic heterocycles. The van der Waals surface area contributed by atoms with Crippen molar-refractivity contribution in [2.75, 3.05) is 33.4 Å². The van der Waals surface area contributed by atoms with E-state index in [4.69, 9.17) is 15.2 Å². The SMILES string of the molecule is CCCC(C)(N)C(=O)N(CCOC)CC(=O)OCC. The van der Waals surface area contributed by atoms with Crippen LogP contribution in [0.1, 0.15) is 33.6 Å². The Bertz CT molecular complexity index is 292. The molecule has 0 fully saturated rings. The average Bonchev–Trinajstić information content (AvgIpc) is 2.33. The lowest BCUT2D eigenvalue weighted by atomic mass is 9.95. The minimum absolute atomic E-state index is 0.0907. The monoisotopic (exact) mass is 274 g/mol. The van der Waals surface area contributed by atoms with Crippen molar-refractivity contribution in [3.05, 3.63) is 0 Å². The number of ether oxygens (including phenoxy) is 2. The normalized spacial score (nSPS) is 13.7. The van der Waals surface area contributed by atoms with Gasteiger partial charge in [-0.1, -0.05) is 13.3 Å². The molecule has 0 aliphatic rings. The largest absolute Gasteiger partial charge is 0.465 e. The molecule has 0 rings (SSSR count). The van der Waals surface area contributed by atoms with E-state index < -0.39 is 11.5 Å². The van der Waals surface area contributed by atoms with E-state index >= 15 is 0 Å². The predicted molar refractivity (Wildman–Crippen MR) is 72.6 cm³/mol. The van der Waals surface area contributed by atoms with Crippen LogP contribution in [0.15, 0.2) is 0 Å². The van der Waals surface area contributed by atoms with Gasteiger partial charge < -0.3 is 20.1 Å². The maximum absolute atomic E-state index is 12.3. The zero-order chi connectivity index (χ0) is 14.9. The van der Waals surface area contributed by atoms with E-state index in [2.05, 4.69) is 0 Å². The number of nitrogens with zero attached hydrogens (tertiary/aromatic N) is 1. The number of amides is 1. The molecule has 0 saturated heterocycles. The minimum Gasteiger partial charge on any atom is -0.465 e. The second kappa shape index (κ2) is 8.87. The third-order valence-corrected chi connectivity index (χ3v) is 2.74. The molecule has 6 nitrogen and oxygen atoms in total. The molecule has 2 N–H and O–H groups in total. The quantitative estimate of drug-likeness (QED) is 0.621. The fourth-order valence-corrected chi connectivity index (χ4v) is 1.80. The van der Waals surface area contributed by atoms with Crippen LogP contribution in [0.4, 0.5) is 0 Å². The average molecular weight is 274 g/mol. The lowest BCUT2D eigenvalue weighted by Crippen LogP contribution is -2.55. The Morgan fingerprint density at radius 2 is 1.95 bits per heavy atom. The number of hydrogen-bond acceptors (Lipinski definition) is 5. The van der Waals surface area contributed by atoms with E-state index in [1.807, 2.05) is 6.92 Å². The highest BCUT2D eigenvalue weighted by Gasteiger charge is 2.32. The maximum atomic E-state index is 12.3. The molecule has 1 unspecified atom stereocenters. The van der Waals surface area contributed by atoms with Crippen LogP contribution in [-0.4, -0.2) is 55.7 Å². The first kappa shape index (κ1) is 17.9. The smallest absolute Gasteiger partial charge is 0.325 e. The van der Waals surface area contributed by atoms with Crippen LogP contribution in [-0.2, 0) is 19.1 Å². The minimum atomic E-state index is -0.963. The number of methoxy groups -OCH3 is 1. The van der Waals surface area contributed by atoms with Crippen LogP contribution < -0.4 is 5.73 Å². The summed E-state index contributed by atoms with van der Waals surface area (Å²) in [6.45, 7) is 6.25. The first-order valence-corrected chi connectivity index (χ1v) is 6.61. The topological polar surface area (TPSA) is 81.9 Å². The van der Waals surface area contributed by atoms with E-state index in [1.165, 1.54) is 4.90 Å². The number of carbonyl (C=O) groups is 2. The number of carbonyl (C=O) groups excluding carboxylic acids is 2. The summed E-state index contributed by atoms with van der Waals surface area (Å²) in [6, 6.07) is 0. The molecular formula is C13H26N2O4. The second-order valence-electron chi connectivity index (χ2n) is 4.69. The summed E-state index contributed by atoms with van der Waals surface area (Å²) in [6.07, 6.45) is 1.37. The van der Waals surface area contributed by atoms with Gasteiger partial charge in [-0.15, -0.1) is 0 Å². The highest BCUT2D eigenvalue weighted by Crippen LogP contribution is 2.13. The number of esters is 1. The first-order valence-electron chi connectivity index (χ1n) is 6.61. The maximum Gasteiger partial charge on any atom is 0.325 e. The summed E-state index contributed by atoms with van der Waals surface area (Å²) in [5.74, 6) is -0.682. The molecule has 1 atom stereocenters. The Balaban J connectivity index is 4.72. The highest BCUT2D eigenvalue weighted by atomic mass is 16.5. The number of hydrogen-bond donors (Lipinski definition) is 1. The lowest BCUT2D eigenvalue weighted by Gasteiger charge is -2.31. The van der Waals surface area contributed by atoms with Gasteiger partial charge in [-0.25, -0.2) is 0 Å². The summed E-state index contributed by atoms with van der Waals surface area (Å²) < 4.78 is 9.81. The van der Waals surface area contributed by atoms with Crippen molar-refractivity contribution >= 4 is 11.9 Å².